The predicted octanol–water partition coefficient (Wildman–Crippen LogP) is 2.19. The van der Waals surface area contributed by atoms with E-state index in [2.05, 4.69) is 6.07 Å². The summed E-state index contributed by atoms with van der Waals surface area (Å²) in [5.41, 5.74) is 0.220. The van der Waals surface area contributed by atoms with Crippen LogP contribution in [0, 0.1) is 11.3 Å². The van der Waals surface area contributed by atoms with E-state index in [0.717, 1.165) is 6.42 Å². The molecular formula is C13H17NO2. The fourth-order valence-electron chi connectivity index (χ4n) is 1.42. The number of rotatable bonds is 5. The van der Waals surface area contributed by atoms with Gasteiger partial charge in [0.15, 0.2) is 0 Å². The average molecular weight is 219 g/mol. The zero-order valence-electron chi connectivity index (χ0n) is 9.73. The Morgan fingerprint density at radius 1 is 1.50 bits per heavy atom. The Hall–Kier alpha value is -1.37. The zero-order valence-corrected chi connectivity index (χ0v) is 9.73. The molecule has 1 rings (SSSR count). The lowest BCUT2D eigenvalue weighted by molar-refractivity contribution is -0.0375. The van der Waals surface area contributed by atoms with Crippen LogP contribution >= 0.6 is 0 Å². The van der Waals surface area contributed by atoms with Gasteiger partial charge in [-0.2, -0.15) is 5.26 Å². The van der Waals surface area contributed by atoms with Gasteiger partial charge in [-0.05, 0) is 31.0 Å². The molecule has 0 saturated heterocycles. The predicted molar refractivity (Wildman–Crippen MR) is 61.8 cm³/mol. The second-order valence-corrected chi connectivity index (χ2v) is 4.02. The Morgan fingerprint density at radius 3 is 2.88 bits per heavy atom. The monoisotopic (exact) mass is 219 g/mol. The highest BCUT2D eigenvalue weighted by molar-refractivity contribution is 5.35. The fraction of sp³-hybridized carbons (Fsp3) is 0.462. The maximum absolute atomic E-state index is 10.2. The van der Waals surface area contributed by atoms with E-state index in [-0.39, 0.29) is 6.61 Å². The molecule has 0 aliphatic heterocycles. The van der Waals surface area contributed by atoms with E-state index in [4.69, 9.17) is 10.00 Å². The van der Waals surface area contributed by atoms with E-state index in [1.54, 1.807) is 31.2 Å². The molecule has 3 heteroatoms. The van der Waals surface area contributed by atoms with Crippen molar-refractivity contribution in [3.05, 3.63) is 35.4 Å². The molecule has 86 valence electrons. The minimum Gasteiger partial charge on any atom is -0.383 e. The maximum Gasteiger partial charge on any atom is 0.110 e. The molecule has 0 bridgehead atoms. The van der Waals surface area contributed by atoms with Crippen LogP contribution in [-0.4, -0.2) is 18.3 Å². The van der Waals surface area contributed by atoms with Gasteiger partial charge in [-0.3, -0.25) is 0 Å². The molecule has 3 nitrogen and oxygen atoms in total. The standard InChI is InChI=1S/C13H17NO2/c1-3-7-16-10-13(2,15)12-6-4-5-11(8-12)9-14/h4-6,8,15H,3,7,10H2,1-2H3. The molecule has 0 saturated carbocycles. The second kappa shape index (κ2) is 5.64. The summed E-state index contributed by atoms with van der Waals surface area (Å²) < 4.78 is 5.34. The van der Waals surface area contributed by atoms with Gasteiger partial charge in [-0.1, -0.05) is 19.1 Å². The van der Waals surface area contributed by atoms with E-state index in [1.165, 1.54) is 0 Å². The molecule has 0 radical (unpaired) electrons. The van der Waals surface area contributed by atoms with Crippen molar-refractivity contribution in [2.45, 2.75) is 25.9 Å². The molecule has 16 heavy (non-hydrogen) atoms. The van der Waals surface area contributed by atoms with Gasteiger partial charge in [-0.15, -0.1) is 0 Å². The SMILES string of the molecule is CCCOCC(C)(O)c1cccc(C#N)c1. The van der Waals surface area contributed by atoms with Crippen LogP contribution in [-0.2, 0) is 10.3 Å². The summed E-state index contributed by atoms with van der Waals surface area (Å²) in [6.07, 6.45) is 0.925. The Morgan fingerprint density at radius 2 is 2.25 bits per heavy atom. The lowest BCUT2D eigenvalue weighted by atomic mass is 9.95. The first-order valence-electron chi connectivity index (χ1n) is 5.41. The lowest BCUT2D eigenvalue weighted by Crippen LogP contribution is -2.28. The van der Waals surface area contributed by atoms with Crippen molar-refractivity contribution in [1.29, 1.82) is 5.26 Å². The highest BCUT2D eigenvalue weighted by Crippen LogP contribution is 2.21. The van der Waals surface area contributed by atoms with Gasteiger partial charge in [0.05, 0.1) is 18.2 Å². The number of nitriles is 1. The maximum atomic E-state index is 10.2. The highest BCUT2D eigenvalue weighted by Gasteiger charge is 2.23. The Labute approximate surface area is 96.3 Å². The van der Waals surface area contributed by atoms with Gasteiger partial charge in [0.1, 0.15) is 5.60 Å². The topological polar surface area (TPSA) is 53.2 Å². The Kier molecular flexibility index (Phi) is 4.48. The molecule has 1 aromatic carbocycles. The van der Waals surface area contributed by atoms with Crippen molar-refractivity contribution in [1.82, 2.24) is 0 Å². The molecule has 0 aliphatic carbocycles. The Balaban J connectivity index is 2.77. The second-order valence-electron chi connectivity index (χ2n) is 4.02. The number of hydrogen-bond acceptors (Lipinski definition) is 3. The number of ether oxygens (including phenoxy) is 1. The molecule has 0 fully saturated rings. The first kappa shape index (κ1) is 12.7. The molecule has 1 aromatic rings. The number of nitrogens with zero attached hydrogens (tertiary/aromatic N) is 1. The lowest BCUT2D eigenvalue weighted by Gasteiger charge is -2.23. The van der Waals surface area contributed by atoms with Crippen LogP contribution in [0.1, 0.15) is 31.4 Å². The van der Waals surface area contributed by atoms with Crippen molar-refractivity contribution in [3.8, 4) is 6.07 Å². The van der Waals surface area contributed by atoms with Crippen molar-refractivity contribution >= 4 is 0 Å². The first-order valence-corrected chi connectivity index (χ1v) is 5.41. The molecule has 0 spiro atoms. The van der Waals surface area contributed by atoms with Gasteiger partial charge < -0.3 is 9.84 Å². The number of hydrogen-bond donors (Lipinski definition) is 1. The summed E-state index contributed by atoms with van der Waals surface area (Å²) in [6, 6.07) is 9.03. The number of aliphatic hydroxyl groups is 1. The van der Waals surface area contributed by atoms with Gasteiger partial charge >= 0.3 is 0 Å². The number of benzene rings is 1. The summed E-state index contributed by atoms with van der Waals surface area (Å²) in [6.45, 7) is 4.59. The normalized spacial score (nSPS) is 14.1. The van der Waals surface area contributed by atoms with E-state index >= 15 is 0 Å². The van der Waals surface area contributed by atoms with E-state index < -0.39 is 5.60 Å². The highest BCUT2D eigenvalue weighted by atomic mass is 16.5. The summed E-state index contributed by atoms with van der Waals surface area (Å²) in [5.74, 6) is 0. The third kappa shape index (κ3) is 3.34. The molecule has 1 unspecified atom stereocenters. The van der Waals surface area contributed by atoms with Gasteiger partial charge in [0.25, 0.3) is 0 Å². The largest absolute Gasteiger partial charge is 0.383 e. The summed E-state index contributed by atoms with van der Waals surface area (Å²) >= 11 is 0. The smallest absolute Gasteiger partial charge is 0.110 e. The minimum atomic E-state index is -1.04. The molecule has 1 atom stereocenters. The van der Waals surface area contributed by atoms with Gasteiger partial charge in [0.2, 0.25) is 0 Å². The van der Waals surface area contributed by atoms with Crippen molar-refractivity contribution in [3.63, 3.8) is 0 Å². The van der Waals surface area contributed by atoms with Gasteiger partial charge in [0, 0.05) is 6.61 Å². The molecule has 0 amide bonds. The summed E-state index contributed by atoms with van der Waals surface area (Å²) in [4.78, 5) is 0. The van der Waals surface area contributed by atoms with Crippen LogP contribution in [0.25, 0.3) is 0 Å². The summed E-state index contributed by atoms with van der Waals surface area (Å²) in [7, 11) is 0. The third-order valence-electron chi connectivity index (χ3n) is 2.35. The van der Waals surface area contributed by atoms with Crippen molar-refractivity contribution in [2.75, 3.05) is 13.2 Å². The zero-order chi connectivity index (χ0) is 12.0. The molecular weight excluding hydrogens is 202 g/mol. The van der Waals surface area contributed by atoms with E-state index in [9.17, 15) is 5.11 Å². The quantitative estimate of drug-likeness (QED) is 0.772. The summed E-state index contributed by atoms with van der Waals surface area (Å²) in [5, 5.41) is 19.0. The third-order valence-corrected chi connectivity index (χ3v) is 2.35. The minimum absolute atomic E-state index is 0.246. The van der Waals surface area contributed by atoms with Crippen LogP contribution in [0.3, 0.4) is 0 Å². The van der Waals surface area contributed by atoms with Crippen LogP contribution < -0.4 is 0 Å². The van der Waals surface area contributed by atoms with Gasteiger partial charge in [-0.25, -0.2) is 0 Å². The first-order chi connectivity index (χ1) is 7.60. The van der Waals surface area contributed by atoms with Crippen LogP contribution in [0.5, 0.6) is 0 Å². The molecule has 0 aromatic heterocycles. The van der Waals surface area contributed by atoms with E-state index in [1.807, 2.05) is 6.92 Å². The molecule has 1 N–H and O–H groups in total. The van der Waals surface area contributed by atoms with Crippen LogP contribution in [0.15, 0.2) is 24.3 Å². The van der Waals surface area contributed by atoms with E-state index in [0.29, 0.717) is 17.7 Å². The fourth-order valence-corrected chi connectivity index (χ4v) is 1.42. The van der Waals surface area contributed by atoms with Crippen LogP contribution in [0.4, 0.5) is 0 Å². The van der Waals surface area contributed by atoms with Crippen LogP contribution in [0.2, 0.25) is 0 Å². The molecule has 0 aliphatic rings. The van der Waals surface area contributed by atoms with Crippen molar-refractivity contribution in [2.24, 2.45) is 0 Å². The average Bonchev–Trinajstić information content (AvgIpc) is 2.29. The Bertz CT molecular complexity index is 380. The van der Waals surface area contributed by atoms with Crippen molar-refractivity contribution < 1.29 is 9.84 Å². The molecule has 0 heterocycles.